The minimum Gasteiger partial charge on any atom is -0.489 e. The van der Waals surface area contributed by atoms with E-state index in [1.807, 2.05) is 32.9 Å². The highest BCUT2D eigenvalue weighted by Crippen LogP contribution is 2.43. The van der Waals surface area contributed by atoms with Crippen LogP contribution in [0.25, 0.3) is 0 Å². The molecular weight excluding hydrogens is 398 g/mol. The van der Waals surface area contributed by atoms with Crippen molar-refractivity contribution in [2.75, 3.05) is 31.1 Å². The molecule has 1 aromatic rings. The second-order valence-electron chi connectivity index (χ2n) is 9.45. The quantitative estimate of drug-likeness (QED) is 0.728. The third-order valence-electron chi connectivity index (χ3n) is 6.09. The Labute approximate surface area is 182 Å². The van der Waals surface area contributed by atoms with E-state index in [0.29, 0.717) is 39.1 Å². The van der Waals surface area contributed by atoms with Crippen molar-refractivity contribution < 1.29 is 23.9 Å². The molecule has 3 amide bonds. The van der Waals surface area contributed by atoms with Gasteiger partial charge in [-0.1, -0.05) is 12.1 Å². The predicted octanol–water partition coefficient (Wildman–Crippen LogP) is 2.81. The van der Waals surface area contributed by atoms with Crippen LogP contribution in [0, 0.1) is 0 Å². The Morgan fingerprint density at radius 1 is 1.13 bits per heavy atom. The van der Waals surface area contributed by atoms with Gasteiger partial charge in [-0.3, -0.25) is 14.9 Å². The van der Waals surface area contributed by atoms with Crippen LogP contribution < -0.4 is 15.0 Å². The lowest BCUT2D eigenvalue weighted by Gasteiger charge is -2.40. The third-order valence-corrected chi connectivity index (χ3v) is 6.09. The number of carbonyl (C=O) groups excluding carboxylic acids is 3. The van der Waals surface area contributed by atoms with Crippen LogP contribution >= 0.6 is 0 Å². The van der Waals surface area contributed by atoms with Crippen molar-refractivity contribution in [3.05, 3.63) is 23.8 Å². The van der Waals surface area contributed by atoms with Gasteiger partial charge >= 0.3 is 6.09 Å². The van der Waals surface area contributed by atoms with Crippen LogP contribution in [-0.4, -0.2) is 60.7 Å². The molecule has 0 saturated carbocycles. The summed E-state index contributed by atoms with van der Waals surface area (Å²) in [7, 11) is 0. The number of piperidine rings is 2. The Morgan fingerprint density at radius 3 is 2.55 bits per heavy atom. The largest absolute Gasteiger partial charge is 0.489 e. The summed E-state index contributed by atoms with van der Waals surface area (Å²) in [5.74, 6) is 0.657. The second kappa shape index (κ2) is 8.40. The van der Waals surface area contributed by atoms with Gasteiger partial charge in [-0.2, -0.15) is 0 Å². The molecule has 8 nitrogen and oxygen atoms in total. The summed E-state index contributed by atoms with van der Waals surface area (Å²) in [6.07, 6.45) is 2.27. The summed E-state index contributed by atoms with van der Waals surface area (Å²) >= 11 is 0. The van der Waals surface area contributed by atoms with E-state index in [4.69, 9.17) is 9.47 Å². The Kier molecular flexibility index (Phi) is 5.81. The SMILES string of the molecule is CC(C)(C)OC(=O)N1CCC(c2cccc3c2OCCN3[C@H]2CCC(=O)NC2=O)CC1. The summed E-state index contributed by atoms with van der Waals surface area (Å²) in [4.78, 5) is 40.2. The number of amides is 3. The van der Waals surface area contributed by atoms with Crippen molar-refractivity contribution in [1.29, 1.82) is 0 Å². The van der Waals surface area contributed by atoms with Gasteiger partial charge in [0, 0.05) is 19.5 Å². The highest BCUT2D eigenvalue weighted by molar-refractivity contribution is 6.02. The van der Waals surface area contributed by atoms with Crippen molar-refractivity contribution in [2.24, 2.45) is 0 Å². The molecule has 3 aliphatic rings. The number of likely N-dealkylation sites (tertiary alicyclic amines) is 1. The van der Waals surface area contributed by atoms with Gasteiger partial charge in [-0.05, 0) is 57.6 Å². The Bertz CT molecular complexity index is 870. The van der Waals surface area contributed by atoms with E-state index in [1.165, 1.54) is 0 Å². The van der Waals surface area contributed by atoms with Crippen molar-refractivity contribution >= 4 is 23.6 Å². The Hall–Kier alpha value is -2.77. The Morgan fingerprint density at radius 2 is 1.87 bits per heavy atom. The fourth-order valence-electron chi connectivity index (χ4n) is 4.62. The minimum atomic E-state index is -0.500. The van der Waals surface area contributed by atoms with E-state index in [-0.39, 0.29) is 29.9 Å². The Balaban J connectivity index is 1.49. The molecule has 1 N–H and O–H groups in total. The van der Waals surface area contributed by atoms with E-state index in [9.17, 15) is 14.4 Å². The van der Waals surface area contributed by atoms with E-state index < -0.39 is 5.60 Å². The summed E-state index contributed by atoms with van der Waals surface area (Å²) in [6.45, 7) is 8.01. The van der Waals surface area contributed by atoms with Crippen LogP contribution in [0.4, 0.5) is 10.5 Å². The lowest BCUT2D eigenvalue weighted by Crippen LogP contribution is -2.54. The molecule has 0 bridgehead atoms. The first kappa shape index (κ1) is 21.5. The van der Waals surface area contributed by atoms with Crippen molar-refractivity contribution in [3.8, 4) is 5.75 Å². The molecule has 2 saturated heterocycles. The van der Waals surface area contributed by atoms with Crippen LogP contribution in [0.1, 0.15) is 57.9 Å². The fraction of sp³-hybridized carbons (Fsp3) is 0.609. The van der Waals surface area contributed by atoms with Crippen LogP contribution in [-0.2, 0) is 14.3 Å². The van der Waals surface area contributed by atoms with Gasteiger partial charge in [0.2, 0.25) is 11.8 Å². The highest BCUT2D eigenvalue weighted by atomic mass is 16.6. The molecule has 0 spiro atoms. The lowest BCUT2D eigenvalue weighted by molar-refractivity contribution is -0.134. The average molecular weight is 430 g/mol. The highest BCUT2D eigenvalue weighted by Gasteiger charge is 2.36. The molecule has 1 aromatic carbocycles. The summed E-state index contributed by atoms with van der Waals surface area (Å²) in [5, 5.41) is 2.46. The molecule has 8 heteroatoms. The van der Waals surface area contributed by atoms with E-state index in [2.05, 4.69) is 16.3 Å². The predicted molar refractivity (Wildman–Crippen MR) is 115 cm³/mol. The van der Waals surface area contributed by atoms with Crippen molar-refractivity contribution in [1.82, 2.24) is 10.2 Å². The first-order valence-electron chi connectivity index (χ1n) is 11.1. The van der Waals surface area contributed by atoms with Crippen molar-refractivity contribution in [3.63, 3.8) is 0 Å². The number of nitrogens with one attached hydrogen (secondary N) is 1. The zero-order valence-electron chi connectivity index (χ0n) is 18.5. The van der Waals surface area contributed by atoms with E-state index >= 15 is 0 Å². The molecule has 0 aliphatic carbocycles. The summed E-state index contributed by atoms with van der Waals surface area (Å²) < 4.78 is 11.6. The number of benzene rings is 1. The number of hydrogen-bond acceptors (Lipinski definition) is 6. The third kappa shape index (κ3) is 4.62. The monoisotopic (exact) mass is 429 g/mol. The number of fused-ring (bicyclic) bond motifs is 1. The molecule has 31 heavy (non-hydrogen) atoms. The maximum atomic E-state index is 12.4. The summed E-state index contributed by atoms with van der Waals surface area (Å²) in [6, 6.07) is 5.71. The zero-order chi connectivity index (χ0) is 22.2. The number of para-hydroxylation sites is 1. The standard InChI is InChI=1S/C23H31N3O5/c1-23(2,3)31-22(29)25-11-9-15(10-12-25)16-5-4-6-17-20(16)30-14-13-26(17)18-7-8-19(27)24-21(18)28/h4-6,15,18H,7-14H2,1-3H3,(H,24,27,28)/t18-/m0/s1. The van der Waals surface area contributed by atoms with E-state index in [0.717, 1.165) is 29.8 Å². The normalized spacial score (nSPS) is 22.5. The molecule has 1 atom stereocenters. The molecule has 0 radical (unpaired) electrons. The lowest BCUT2D eigenvalue weighted by atomic mass is 9.88. The number of ether oxygens (including phenoxy) is 2. The van der Waals surface area contributed by atoms with Gasteiger partial charge in [0.05, 0.1) is 12.2 Å². The molecule has 3 heterocycles. The average Bonchev–Trinajstić information content (AvgIpc) is 2.72. The minimum absolute atomic E-state index is 0.208. The molecule has 2 fully saturated rings. The van der Waals surface area contributed by atoms with Crippen LogP contribution in [0.5, 0.6) is 5.75 Å². The second-order valence-corrected chi connectivity index (χ2v) is 9.45. The molecule has 3 aliphatic heterocycles. The number of imide groups is 1. The van der Waals surface area contributed by atoms with Crippen LogP contribution in [0.15, 0.2) is 18.2 Å². The molecule has 0 aromatic heterocycles. The fourth-order valence-corrected chi connectivity index (χ4v) is 4.62. The molecule has 168 valence electrons. The maximum Gasteiger partial charge on any atom is 0.410 e. The van der Waals surface area contributed by atoms with E-state index in [1.54, 1.807) is 4.90 Å². The first-order chi connectivity index (χ1) is 14.7. The number of anilines is 1. The van der Waals surface area contributed by atoms with Gasteiger partial charge in [0.1, 0.15) is 24.0 Å². The van der Waals surface area contributed by atoms with Crippen LogP contribution in [0.3, 0.4) is 0 Å². The molecular formula is C23H31N3O5. The van der Waals surface area contributed by atoms with Gasteiger partial charge in [-0.15, -0.1) is 0 Å². The smallest absolute Gasteiger partial charge is 0.410 e. The topological polar surface area (TPSA) is 88.2 Å². The molecule has 0 unspecified atom stereocenters. The first-order valence-corrected chi connectivity index (χ1v) is 11.1. The number of rotatable bonds is 2. The molecule has 4 rings (SSSR count). The number of nitrogens with zero attached hydrogens (tertiary/aromatic N) is 2. The number of hydrogen-bond donors (Lipinski definition) is 1. The van der Waals surface area contributed by atoms with Gasteiger partial charge < -0.3 is 19.3 Å². The van der Waals surface area contributed by atoms with Crippen molar-refractivity contribution in [2.45, 2.75) is 64.0 Å². The summed E-state index contributed by atoms with van der Waals surface area (Å²) in [5.41, 5.74) is 1.53. The van der Waals surface area contributed by atoms with Crippen LogP contribution in [0.2, 0.25) is 0 Å². The zero-order valence-corrected chi connectivity index (χ0v) is 18.5. The van der Waals surface area contributed by atoms with Gasteiger partial charge in [-0.25, -0.2) is 4.79 Å². The van der Waals surface area contributed by atoms with Gasteiger partial charge in [0.25, 0.3) is 0 Å². The number of carbonyl (C=O) groups is 3. The van der Waals surface area contributed by atoms with Gasteiger partial charge in [0.15, 0.2) is 0 Å². The maximum absolute atomic E-state index is 12.4.